The molecule has 0 unspecified atom stereocenters. The highest BCUT2D eigenvalue weighted by Crippen LogP contribution is 2.37. The summed E-state index contributed by atoms with van der Waals surface area (Å²) in [5.41, 5.74) is 0. The van der Waals surface area contributed by atoms with E-state index in [0.29, 0.717) is 0 Å². The third-order valence-corrected chi connectivity index (χ3v) is 9.10. The van der Waals surface area contributed by atoms with Crippen LogP contribution in [0.1, 0.15) is 4.88 Å². The van der Waals surface area contributed by atoms with Gasteiger partial charge in [0.1, 0.15) is 8.07 Å². The Morgan fingerprint density at radius 3 is 2.80 bits per heavy atom. The van der Waals surface area contributed by atoms with Crippen LogP contribution >= 0.6 is 22.7 Å². The quantitative estimate of drug-likeness (QED) is 0.495. The average Bonchev–Trinajstić information content (AvgIpc) is 2.86. The van der Waals surface area contributed by atoms with E-state index in [0.717, 1.165) is 4.88 Å². The fourth-order valence-corrected chi connectivity index (χ4v) is 9.01. The molecule has 0 aromatic carbocycles. The highest BCUT2D eigenvalue weighted by molar-refractivity contribution is 7.28. The van der Waals surface area contributed by atoms with Crippen LogP contribution in [0.25, 0.3) is 9.75 Å². The monoisotopic (exact) mass is 246 g/mol. The van der Waals surface area contributed by atoms with Crippen molar-refractivity contribution in [2.45, 2.75) is 13.1 Å². The number of thiophene rings is 2. The van der Waals surface area contributed by atoms with E-state index < -0.39 is 8.07 Å². The highest BCUT2D eigenvalue weighted by atomic mass is 32.1. The van der Waals surface area contributed by atoms with Crippen molar-refractivity contribution >= 4 is 41.1 Å². The molecule has 0 spiro atoms. The van der Waals surface area contributed by atoms with Gasteiger partial charge in [-0.3, -0.25) is 0 Å². The molecular formula is C12H10S2Si. The minimum Gasteiger partial charge on any atom is -0.143 e. The van der Waals surface area contributed by atoms with Crippen molar-refractivity contribution < 1.29 is 0 Å². The molecule has 74 valence electrons. The summed E-state index contributed by atoms with van der Waals surface area (Å²) in [5, 5.41) is 5.34. The summed E-state index contributed by atoms with van der Waals surface area (Å²) >= 11 is 3.64. The first kappa shape index (κ1) is 9.41. The van der Waals surface area contributed by atoms with Crippen molar-refractivity contribution in [2.24, 2.45) is 0 Å². The van der Waals surface area contributed by atoms with E-state index in [1.165, 1.54) is 9.75 Å². The molecule has 0 atom stereocenters. The molecule has 0 N–H and O–H groups in total. The maximum absolute atomic E-state index is 5.47. The van der Waals surface area contributed by atoms with E-state index in [4.69, 9.17) is 6.42 Å². The molecule has 0 fully saturated rings. The first-order valence-corrected chi connectivity index (χ1v) is 9.53. The van der Waals surface area contributed by atoms with E-state index >= 15 is 0 Å². The molecule has 3 rings (SSSR count). The molecule has 3 heteroatoms. The van der Waals surface area contributed by atoms with Gasteiger partial charge in [0.05, 0.1) is 4.88 Å². The summed E-state index contributed by atoms with van der Waals surface area (Å²) in [5.74, 6) is 2.76. The molecule has 0 nitrogen and oxygen atoms in total. The predicted molar refractivity (Wildman–Crippen MR) is 72.3 cm³/mol. The summed E-state index contributed by atoms with van der Waals surface area (Å²) in [7, 11) is -1.40. The van der Waals surface area contributed by atoms with Gasteiger partial charge < -0.3 is 0 Å². The van der Waals surface area contributed by atoms with Gasteiger partial charge in [-0.05, 0) is 21.8 Å². The Hall–Kier alpha value is -0.823. The van der Waals surface area contributed by atoms with Gasteiger partial charge in [-0.25, -0.2) is 0 Å². The van der Waals surface area contributed by atoms with Crippen LogP contribution in [0, 0.1) is 12.3 Å². The molecule has 0 saturated heterocycles. The topological polar surface area (TPSA) is 0 Å². The molecular weight excluding hydrogens is 236 g/mol. The molecule has 2 aromatic rings. The lowest BCUT2D eigenvalue weighted by Crippen LogP contribution is -2.48. The van der Waals surface area contributed by atoms with Crippen LogP contribution in [0.5, 0.6) is 0 Å². The van der Waals surface area contributed by atoms with Gasteiger partial charge in [0.2, 0.25) is 0 Å². The highest BCUT2D eigenvalue weighted by Gasteiger charge is 2.39. The first-order chi connectivity index (χ1) is 7.14. The van der Waals surface area contributed by atoms with Crippen LogP contribution in [0.4, 0.5) is 0 Å². The Labute approximate surface area is 98.6 Å². The maximum atomic E-state index is 5.47. The summed E-state index contributed by atoms with van der Waals surface area (Å²) in [6, 6.07) is 4.54. The van der Waals surface area contributed by atoms with Crippen molar-refractivity contribution in [3.05, 3.63) is 22.4 Å². The molecule has 1 aliphatic rings. The summed E-state index contributed by atoms with van der Waals surface area (Å²) < 4.78 is 0. The third kappa shape index (κ3) is 1.07. The largest absolute Gasteiger partial charge is 0.143 e. The summed E-state index contributed by atoms with van der Waals surface area (Å²) in [6.45, 7) is 4.83. The Morgan fingerprint density at radius 1 is 1.27 bits per heavy atom. The van der Waals surface area contributed by atoms with Crippen LogP contribution in [-0.2, 0) is 0 Å². The van der Waals surface area contributed by atoms with Crippen LogP contribution in [0.3, 0.4) is 0 Å². The number of terminal acetylenes is 1. The molecule has 15 heavy (non-hydrogen) atoms. The second-order valence-corrected chi connectivity index (χ2v) is 10.6. The first-order valence-electron chi connectivity index (χ1n) is 4.84. The van der Waals surface area contributed by atoms with Crippen molar-refractivity contribution in [1.29, 1.82) is 0 Å². The molecule has 1 aliphatic heterocycles. The van der Waals surface area contributed by atoms with Gasteiger partial charge >= 0.3 is 0 Å². The molecule has 0 amide bonds. The van der Waals surface area contributed by atoms with Crippen LogP contribution in [0.15, 0.2) is 17.5 Å². The van der Waals surface area contributed by atoms with Crippen LogP contribution < -0.4 is 10.4 Å². The maximum Gasteiger partial charge on any atom is 0.116 e. The van der Waals surface area contributed by atoms with Crippen molar-refractivity contribution in [1.82, 2.24) is 0 Å². The number of rotatable bonds is 0. The van der Waals surface area contributed by atoms with Gasteiger partial charge in [0, 0.05) is 9.75 Å². The van der Waals surface area contributed by atoms with Crippen LogP contribution in [-0.4, -0.2) is 8.07 Å². The van der Waals surface area contributed by atoms with Crippen molar-refractivity contribution in [3.63, 3.8) is 0 Å². The number of hydrogen-bond donors (Lipinski definition) is 0. The molecule has 3 heterocycles. The smallest absolute Gasteiger partial charge is 0.116 e. The molecule has 2 aromatic heterocycles. The molecule has 0 bridgehead atoms. The number of hydrogen-bond acceptors (Lipinski definition) is 2. The lowest BCUT2D eigenvalue weighted by molar-refractivity contribution is 1.84. The lowest BCUT2D eigenvalue weighted by Gasteiger charge is -2.15. The van der Waals surface area contributed by atoms with Gasteiger partial charge in [0.25, 0.3) is 0 Å². The standard InChI is InChI=1S/C12H10S2Si/c1-4-8-7-10-12(14-8)11-9(5-6-13-11)15(10,2)3/h1,5-7H,2-3H3. The minimum absolute atomic E-state index is 1.08. The zero-order valence-corrected chi connectivity index (χ0v) is 11.3. The average molecular weight is 246 g/mol. The van der Waals surface area contributed by atoms with Crippen molar-refractivity contribution in [2.75, 3.05) is 0 Å². The predicted octanol–water partition coefficient (Wildman–Crippen LogP) is 2.59. The Balaban J connectivity index is 2.37. The van der Waals surface area contributed by atoms with Crippen LogP contribution in [0.2, 0.25) is 13.1 Å². The van der Waals surface area contributed by atoms with Gasteiger partial charge in [-0.1, -0.05) is 25.1 Å². The zero-order valence-electron chi connectivity index (χ0n) is 8.63. The molecule has 0 saturated carbocycles. The second-order valence-electron chi connectivity index (χ2n) is 4.29. The van der Waals surface area contributed by atoms with E-state index in [2.05, 4.69) is 36.5 Å². The Kier molecular flexibility index (Phi) is 1.79. The lowest BCUT2D eigenvalue weighted by atomic mass is 10.4. The zero-order chi connectivity index (χ0) is 10.6. The van der Waals surface area contributed by atoms with E-state index in [1.54, 1.807) is 21.7 Å². The fourth-order valence-electron chi connectivity index (χ4n) is 2.22. The Bertz CT molecular complexity index is 581. The summed E-state index contributed by atoms with van der Waals surface area (Å²) in [4.78, 5) is 4.01. The normalized spacial score (nSPS) is 15.8. The van der Waals surface area contributed by atoms with E-state index in [-0.39, 0.29) is 0 Å². The molecule has 0 aliphatic carbocycles. The molecule has 0 radical (unpaired) electrons. The second kappa shape index (κ2) is 2.85. The third-order valence-electron chi connectivity index (χ3n) is 3.09. The van der Waals surface area contributed by atoms with Gasteiger partial charge in [0.15, 0.2) is 0 Å². The van der Waals surface area contributed by atoms with E-state index in [9.17, 15) is 0 Å². The fraction of sp³-hybridized carbons (Fsp3) is 0.167. The van der Waals surface area contributed by atoms with E-state index in [1.807, 2.05) is 11.3 Å². The van der Waals surface area contributed by atoms with Crippen molar-refractivity contribution in [3.8, 4) is 22.1 Å². The van der Waals surface area contributed by atoms with Gasteiger partial charge in [-0.2, -0.15) is 0 Å². The SMILES string of the molecule is C#Cc1cc2c(s1)-c1sccc1[Si]2(C)C. The minimum atomic E-state index is -1.40. The summed E-state index contributed by atoms with van der Waals surface area (Å²) in [6.07, 6.45) is 5.47. The number of fused-ring (bicyclic) bond motifs is 3. The van der Waals surface area contributed by atoms with Gasteiger partial charge in [-0.15, -0.1) is 29.1 Å². The Morgan fingerprint density at radius 2 is 2.07 bits per heavy atom.